The Morgan fingerprint density at radius 1 is 0.778 bits per heavy atom. The van der Waals surface area contributed by atoms with Gasteiger partial charge in [0.1, 0.15) is 5.78 Å². The van der Waals surface area contributed by atoms with Gasteiger partial charge in [-0.3, -0.25) is 4.79 Å². The summed E-state index contributed by atoms with van der Waals surface area (Å²) in [6.45, 7) is 3.24. The van der Waals surface area contributed by atoms with E-state index in [0.29, 0.717) is 5.78 Å². The van der Waals surface area contributed by atoms with E-state index in [1.807, 2.05) is 0 Å². The standard InChI is InChI=1S/C16H33NO/c1-4-5-6-7-8-9-10-11-12-13-16(18)14-15-17(2)3/h4-15H2,1-3H3/p+1. The number of unbranched alkanes of at least 4 members (excludes halogenated alkanes) is 8. The van der Waals surface area contributed by atoms with Crippen LogP contribution in [0.1, 0.15) is 77.6 Å². The summed E-state index contributed by atoms with van der Waals surface area (Å²) in [6, 6.07) is 0. The van der Waals surface area contributed by atoms with Crippen molar-refractivity contribution in [3.05, 3.63) is 0 Å². The molecule has 2 heteroatoms. The van der Waals surface area contributed by atoms with Gasteiger partial charge in [-0.2, -0.15) is 0 Å². The van der Waals surface area contributed by atoms with Crippen molar-refractivity contribution in [1.29, 1.82) is 0 Å². The first kappa shape index (κ1) is 17.6. The topological polar surface area (TPSA) is 21.5 Å². The van der Waals surface area contributed by atoms with E-state index in [2.05, 4.69) is 21.0 Å². The monoisotopic (exact) mass is 256 g/mol. The van der Waals surface area contributed by atoms with Crippen LogP contribution < -0.4 is 4.90 Å². The normalized spacial score (nSPS) is 11.1. The second kappa shape index (κ2) is 13.1. The summed E-state index contributed by atoms with van der Waals surface area (Å²) < 4.78 is 0. The van der Waals surface area contributed by atoms with E-state index in [1.165, 1.54) is 56.3 Å². The van der Waals surface area contributed by atoms with Crippen LogP contribution in [-0.4, -0.2) is 26.4 Å². The Bertz CT molecular complexity index is 190. The minimum absolute atomic E-state index is 0.458. The summed E-state index contributed by atoms with van der Waals surface area (Å²) in [5, 5.41) is 0. The lowest BCUT2D eigenvalue weighted by Crippen LogP contribution is -3.05. The van der Waals surface area contributed by atoms with Gasteiger partial charge in [0.15, 0.2) is 0 Å². The second-order valence-corrected chi connectivity index (χ2v) is 5.82. The number of hydrogen-bond donors (Lipinski definition) is 1. The molecule has 0 spiro atoms. The van der Waals surface area contributed by atoms with E-state index in [9.17, 15) is 4.79 Å². The number of ketones is 1. The molecule has 0 aromatic carbocycles. The average molecular weight is 256 g/mol. The van der Waals surface area contributed by atoms with Crippen LogP contribution in [0.5, 0.6) is 0 Å². The fourth-order valence-corrected chi connectivity index (χ4v) is 2.15. The predicted molar refractivity (Wildman–Crippen MR) is 79.1 cm³/mol. The van der Waals surface area contributed by atoms with Crippen molar-refractivity contribution in [3.63, 3.8) is 0 Å². The van der Waals surface area contributed by atoms with Gasteiger partial charge >= 0.3 is 0 Å². The Morgan fingerprint density at radius 2 is 1.28 bits per heavy atom. The van der Waals surface area contributed by atoms with Crippen LogP contribution in [0.25, 0.3) is 0 Å². The quantitative estimate of drug-likeness (QED) is 0.503. The van der Waals surface area contributed by atoms with E-state index < -0.39 is 0 Å². The average Bonchev–Trinajstić information content (AvgIpc) is 2.34. The summed E-state index contributed by atoms with van der Waals surface area (Å²) in [5.41, 5.74) is 0. The van der Waals surface area contributed by atoms with Crippen molar-refractivity contribution >= 4 is 5.78 Å². The Hall–Kier alpha value is -0.370. The molecule has 1 N–H and O–H groups in total. The number of rotatable bonds is 13. The maximum Gasteiger partial charge on any atom is 0.138 e. The van der Waals surface area contributed by atoms with Crippen LogP contribution in [0.3, 0.4) is 0 Å². The molecule has 0 aromatic rings. The van der Waals surface area contributed by atoms with E-state index in [0.717, 1.165) is 25.8 Å². The molecule has 0 amide bonds. The maximum atomic E-state index is 11.5. The lowest BCUT2D eigenvalue weighted by Gasteiger charge is -2.06. The third-order valence-corrected chi connectivity index (χ3v) is 3.46. The van der Waals surface area contributed by atoms with Crippen LogP contribution in [0.4, 0.5) is 0 Å². The molecule has 0 radical (unpaired) electrons. The van der Waals surface area contributed by atoms with Crippen LogP contribution in [0, 0.1) is 0 Å². The molecule has 0 atom stereocenters. The molecular formula is C16H34NO+. The number of hydrogen-bond acceptors (Lipinski definition) is 1. The van der Waals surface area contributed by atoms with Crippen molar-refractivity contribution in [1.82, 2.24) is 0 Å². The molecule has 0 aliphatic carbocycles. The highest BCUT2D eigenvalue weighted by atomic mass is 16.1. The van der Waals surface area contributed by atoms with Crippen molar-refractivity contribution in [2.24, 2.45) is 0 Å². The van der Waals surface area contributed by atoms with Gasteiger partial charge < -0.3 is 4.90 Å². The summed E-state index contributed by atoms with van der Waals surface area (Å²) in [5.74, 6) is 0.458. The highest BCUT2D eigenvalue weighted by Gasteiger charge is 2.03. The fourth-order valence-electron chi connectivity index (χ4n) is 2.15. The predicted octanol–water partition coefficient (Wildman–Crippen LogP) is 3.01. The van der Waals surface area contributed by atoms with E-state index in [4.69, 9.17) is 0 Å². The zero-order chi connectivity index (χ0) is 13.6. The van der Waals surface area contributed by atoms with E-state index in [1.54, 1.807) is 0 Å². The highest BCUT2D eigenvalue weighted by molar-refractivity contribution is 5.78. The van der Waals surface area contributed by atoms with Crippen LogP contribution in [-0.2, 0) is 4.79 Å². The molecule has 18 heavy (non-hydrogen) atoms. The van der Waals surface area contributed by atoms with Gasteiger partial charge in [-0.25, -0.2) is 0 Å². The molecule has 2 nitrogen and oxygen atoms in total. The largest absolute Gasteiger partial charge is 0.339 e. The Kier molecular flexibility index (Phi) is 12.8. The SMILES string of the molecule is CCCCCCCCCCCC(=O)CC[NH+](C)C. The summed E-state index contributed by atoms with van der Waals surface area (Å²) in [6.07, 6.45) is 13.5. The molecule has 0 aromatic heterocycles. The van der Waals surface area contributed by atoms with Gasteiger partial charge in [-0.1, -0.05) is 58.3 Å². The second-order valence-electron chi connectivity index (χ2n) is 5.82. The van der Waals surface area contributed by atoms with Gasteiger partial charge in [0.25, 0.3) is 0 Å². The Morgan fingerprint density at radius 3 is 1.78 bits per heavy atom. The third kappa shape index (κ3) is 13.7. The number of quaternary nitrogens is 1. The van der Waals surface area contributed by atoms with Crippen LogP contribution in [0.2, 0.25) is 0 Å². The molecule has 0 unspecified atom stereocenters. The Labute approximate surface area is 114 Å². The molecule has 0 bridgehead atoms. The minimum atomic E-state index is 0.458. The fraction of sp³-hybridized carbons (Fsp3) is 0.938. The van der Waals surface area contributed by atoms with Gasteiger partial charge in [0, 0.05) is 6.42 Å². The number of carbonyl (C=O) groups excluding carboxylic acids is 1. The molecule has 0 saturated carbocycles. The molecule has 0 saturated heterocycles. The van der Waals surface area contributed by atoms with Crippen molar-refractivity contribution in [3.8, 4) is 0 Å². The zero-order valence-corrected chi connectivity index (χ0v) is 12.9. The first-order valence-electron chi connectivity index (χ1n) is 7.97. The molecule has 0 aliphatic heterocycles. The number of nitrogens with one attached hydrogen (secondary N) is 1. The first-order chi connectivity index (χ1) is 8.66. The van der Waals surface area contributed by atoms with Crippen LogP contribution in [0.15, 0.2) is 0 Å². The van der Waals surface area contributed by atoms with Crippen molar-refractivity contribution in [2.45, 2.75) is 77.6 Å². The van der Waals surface area contributed by atoms with Gasteiger partial charge in [-0.15, -0.1) is 0 Å². The lowest BCUT2D eigenvalue weighted by molar-refractivity contribution is -0.857. The van der Waals surface area contributed by atoms with E-state index in [-0.39, 0.29) is 0 Å². The molecule has 108 valence electrons. The molecule has 0 aliphatic rings. The van der Waals surface area contributed by atoms with Gasteiger partial charge in [0.2, 0.25) is 0 Å². The molecule has 0 rings (SSSR count). The summed E-state index contributed by atoms with van der Waals surface area (Å²) in [7, 11) is 4.21. The highest BCUT2D eigenvalue weighted by Crippen LogP contribution is 2.10. The molecule has 0 heterocycles. The van der Waals surface area contributed by atoms with Crippen LogP contribution >= 0.6 is 0 Å². The zero-order valence-electron chi connectivity index (χ0n) is 12.9. The number of Topliss-reactive ketones (excluding diaryl/α,β-unsaturated/α-hetero) is 1. The molecule has 0 fully saturated rings. The van der Waals surface area contributed by atoms with Crippen molar-refractivity contribution in [2.75, 3.05) is 20.6 Å². The Balaban J connectivity index is 3.12. The minimum Gasteiger partial charge on any atom is -0.339 e. The lowest BCUT2D eigenvalue weighted by atomic mass is 10.0. The van der Waals surface area contributed by atoms with Gasteiger partial charge in [0.05, 0.1) is 27.1 Å². The third-order valence-electron chi connectivity index (χ3n) is 3.46. The summed E-state index contributed by atoms with van der Waals surface area (Å²) >= 11 is 0. The van der Waals surface area contributed by atoms with Crippen molar-refractivity contribution < 1.29 is 9.69 Å². The summed E-state index contributed by atoms with van der Waals surface area (Å²) in [4.78, 5) is 12.9. The molecular weight excluding hydrogens is 222 g/mol. The van der Waals surface area contributed by atoms with E-state index >= 15 is 0 Å². The first-order valence-corrected chi connectivity index (χ1v) is 7.97. The van der Waals surface area contributed by atoms with Gasteiger partial charge in [-0.05, 0) is 6.42 Å². The smallest absolute Gasteiger partial charge is 0.138 e. The maximum absolute atomic E-state index is 11.5. The number of carbonyl (C=O) groups is 1.